The summed E-state index contributed by atoms with van der Waals surface area (Å²) in [7, 11) is 1.84. The van der Waals surface area contributed by atoms with Gasteiger partial charge in [-0.25, -0.2) is 13.8 Å². The third kappa shape index (κ3) is 3.48. The lowest BCUT2D eigenvalue weighted by molar-refractivity contribution is 0.298. The van der Waals surface area contributed by atoms with Crippen molar-refractivity contribution in [2.75, 3.05) is 7.05 Å². The van der Waals surface area contributed by atoms with Crippen LogP contribution in [0.1, 0.15) is 10.7 Å². The molecule has 2 aromatic rings. The van der Waals surface area contributed by atoms with Gasteiger partial charge in [0.05, 0.1) is 5.69 Å². The molecule has 96 valence electrons. The van der Waals surface area contributed by atoms with Crippen LogP contribution in [0.2, 0.25) is 0 Å². The Morgan fingerprint density at radius 3 is 2.67 bits per heavy atom. The number of thiazole rings is 1. The molecule has 2 rings (SSSR count). The molecule has 0 fully saturated rings. The highest BCUT2D eigenvalue weighted by atomic mass is 32.1. The molecule has 0 unspecified atom stereocenters. The Labute approximate surface area is 107 Å². The molecule has 0 aliphatic heterocycles. The normalized spacial score (nSPS) is 10.6. The Balaban J connectivity index is 1.97. The third-order valence-electron chi connectivity index (χ3n) is 2.15. The zero-order valence-electron chi connectivity index (χ0n) is 9.74. The van der Waals surface area contributed by atoms with E-state index in [9.17, 15) is 8.78 Å². The summed E-state index contributed by atoms with van der Waals surface area (Å²) < 4.78 is 31.1. The Hall–Kier alpha value is -1.53. The van der Waals surface area contributed by atoms with Crippen molar-refractivity contribution in [2.45, 2.75) is 13.2 Å². The fourth-order valence-corrected chi connectivity index (χ4v) is 2.21. The van der Waals surface area contributed by atoms with Crippen LogP contribution in [0.3, 0.4) is 0 Å². The maximum absolute atomic E-state index is 12.9. The first-order chi connectivity index (χ1) is 8.67. The van der Waals surface area contributed by atoms with E-state index in [4.69, 9.17) is 4.74 Å². The highest BCUT2D eigenvalue weighted by Gasteiger charge is 2.04. The van der Waals surface area contributed by atoms with Crippen molar-refractivity contribution in [1.82, 2.24) is 10.3 Å². The highest BCUT2D eigenvalue weighted by molar-refractivity contribution is 7.09. The van der Waals surface area contributed by atoms with Crippen LogP contribution in [-0.2, 0) is 13.2 Å². The molecule has 0 aliphatic rings. The van der Waals surface area contributed by atoms with Gasteiger partial charge in [-0.05, 0) is 7.05 Å². The van der Waals surface area contributed by atoms with Gasteiger partial charge < -0.3 is 10.1 Å². The summed E-state index contributed by atoms with van der Waals surface area (Å²) in [6.07, 6.45) is 0. The second-order valence-electron chi connectivity index (χ2n) is 3.66. The van der Waals surface area contributed by atoms with Crippen molar-refractivity contribution >= 4 is 11.3 Å². The standard InChI is InChI=1S/C12H12F2N2OS/c1-15-5-12-16-10(7-18-12)6-17-11-3-8(13)2-9(14)4-11/h2-4,7,15H,5-6H2,1H3. The topological polar surface area (TPSA) is 34.2 Å². The molecule has 0 bridgehead atoms. The number of ether oxygens (including phenoxy) is 1. The van der Waals surface area contributed by atoms with Crippen LogP contribution in [0.4, 0.5) is 8.78 Å². The van der Waals surface area contributed by atoms with Crippen LogP contribution in [0.15, 0.2) is 23.6 Å². The third-order valence-corrected chi connectivity index (χ3v) is 3.05. The van der Waals surface area contributed by atoms with Crippen LogP contribution < -0.4 is 10.1 Å². The number of rotatable bonds is 5. The van der Waals surface area contributed by atoms with Crippen LogP contribution in [0.25, 0.3) is 0 Å². The first-order valence-electron chi connectivity index (χ1n) is 5.34. The summed E-state index contributed by atoms with van der Waals surface area (Å²) in [4.78, 5) is 4.30. The van der Waals surface area contributed by atoms with E-state index in [1.807, 2.05) is 12.4 Å². The molecule has 3 nitrogen and oxygen atoms in total. The van der Waals surface area contributed by atoms with Gasteiger partial charge in [-0.3, -0.25) is 0 Å². The van der Waals surface area contributed by atoms with Crippen molar-refractivity contribution in [3.8, 4) is 5.75 Å². The van der Waals surface area contributed by atoms with Crippen LogP contribution >= 0.6 is 11.3 Å². The molecule has 1 aromatic heterocycles. The highest BCUT2D eigenvalue weighted by Crippen LogP contribution is 2.17. The predicted octanol–water partition coefficient (Wildman–Crippen LogP) is 2.72. The molecule has 1 heterocycles. The fourth-order valence-electron chi connectivity index (χ4n) is 1.42. The summed E-state index contributed by atoms with van der Waals surface area (Å²) in [6.45, 7) is 0.891. The molecule has 0 saturated carbocycles. The lowest BCUT2D eigenvalue weighted by Crippen LogP contribution is -2.05. The molecule has 0 radical (unpaired) electrons. The molecule has 0 saturated heterocycles. The molecule has 0 atom stereocenters. The zero-order chi connectivity index (χ0) is 13.0. The van der Waals surface area contributed by atoms with Gasteiger partial charge in [-0.2, -0.15) is 0 Å². The molecule has 1 N–H and O–H groups in total. The van der Waals surface area contributed by atoms with Gasteiger partial charge in [0, 0.05) is 30.1 Å². The first-order valence-corrected chi connectivity index (χ1v) is 6.22. The molecule has 6 heteroatoms. The van der Waals surface area contributed by atoms with Gasteiger partial charge in [-0.15, -0.1) is 11.3 Å². The Kier molecular flexibility index (Phi) is 4.22. The molecule has 1 aromatic carbocycles. The van der Waals surface area contributed by atoms with Gasteiger partial charge in [0.1, 0.15) is 29.0 Å². The maximum Gasteiger partial charge on any atom is 0.131 e. The second-order valence-corrected chi connectivity index (χ2v) is 4.60. The number of hydrogen-bond donors (Lipinski definition) is 1. The minimum Gasteiger partial charge on any atom is -0.487 e. The van der Waals surface area contributed by atoms with Gasteiger partial charge in [0.2, 0.25) is 0 Å². The fraction of sp³-hybridized carbons (Fsp3) is 0.250. The van der Waals surface area contributed by atoms with Gasteiger partial charge in [-0.1, -0.05) is 0 Å². The average Bonchev–Trinajstić information content (AvgIpc) is 2.74. The van der Waals surface area contributed by atoms with Gasteiger partial charge in [0.15, 0.2) is 0 Å². The van der Waals surface area contributed by atoms with E-state index in [0.29, 0.717) is 6.54 Å². The van der Waals surface area contributed by atoms with Crippen LogP contribution in [0.5, 0.6) is 5.75 Å². The van der Waals surface area contributed by atoms with E-state index in [1.165, 1.54) is 11.3 Å². The number of benzene rings is 1. The number of hydrogen-bond acceptors (Lipinski definition) is 4. The lowest BCUT2D eigenvalue weighted by atomic mass is 10.3. The molecular formula is C12H12F2N2OS. The Morgan fingerprint density at radius 1 is 1.28 bits per heavy atom. The summed E-state index contributed by atoms with van der Waals surface area (Å²) in [5.74, 6) is -1.14. The van der Waals surface area contributed by atoms with E-state index in [-0.39, 0.29) is 12.4 Å². The van der Waals surface area contributed by atoms with Crippen LogP contribution in [-0.4, -0.2) is 12.0 Å². The maximum atomic E-state index is 12.9. The second kappa shape index (κ2) is 5.88. The molecular weight excluding hydrogens is 258 g/mol. The predicted molar refractivity (Wildman–Crippen MR) is 65.6 cm³/mol. The zero-order valence-corrected chi connectivity index (χ0v) is 10.6. The van der Waals surface area contributed by atoms with Crippen molar-refractivity contribution < 1.29 is 13.5 Å². The summed E-state index contributed by atoms with van der Waals surface area (Å²) in [6, 6.07) is 3.09. The average molecular weight is 270 g/mol. The van der Waals surface area contributed by atoms with E-state index >= 15 is 0 Å². The van der Waals surface area contributed by atoms with E-state index in [0.717, 1.165) is 28.9 Å². The minimum atomic E-state index is -0.654. The molecule has 0 spiro atoms. The van der Waals surface area contributed by atoms with Crippen molar-refractivity contribution in [1.29, 1.82) is 0 Å². The molecule has 18 heavy (non-hydrogen) atoms. The largest absolute Gasteiger partial charge is 0.487 e. The Bertz CT molecular complexity index is 510. The summed E-state index contributed by atoms with van der Waals surface area (Å²) in [5.41, 5.74) is 0.745. The lowest BCUT2D eigenvalue weighted by Gasteiger charge is -2.04. The van der Waals surface area contributed by atoms with E-state index in [2.05, 4.69) is 10.3 Å². The molecule has 0 amide bonds. The SMILES string of the molecule is CNCc1nc(COc2cc(F)cc(F)c2)cs1. The van der Waals surface area contributed by atoms with Crippen molar-refractivity contribution in [2.24, 2.45) is 0 Å². The van der Waals surface area contributed by atoms with Gasteiger partial charge in [0.25, 0.3) is 0 Å². The van der Waals surface area contributed by atoms with Crippen LogP contribution in [0, 0.1) is 11.6 Å². The Morgan fingerprint density at radius 2 is 2.00 bits per heavy atom. The van der Waals surface area contributed by atoms with Gasteiger partial charge >= 0.3 is 0 Å². The van der Waals surface area contributed by atoms with Crippen molar-refractivity contribution in [3.63, 3.8) is 0 Å². The van der Waals surface area contributed by atoms with E-state index < -0.39 is 11.6 Å². The smallest absolute Gasteiger partial charge is 0.131 e. The monoisotopic (exact) mass is 270 g/mol. The number of nitrogens with zero attached hydrogens (tertiary/aromatic N) is 1. The van der Waals surface area contributed by atoms with Crippen molar-refractivity contribution in [3.05, 3.63) is 45.9 Å². The number of halogens is 2. The number of nitrogens with one attached hydrogen (secondary N) is 1. The minimum absolute atomic E-state index is 0.163. The molecule has 0 aliphatic carbocycles. The summed E-state index contributed by atoms with van der Waals surface area (Å²) >= 11 is 1.51. The number of aromatic nitrogens is 1. The van der Waals surface area contributed by atoms with E-state index in [1.54, 1.807) is 0 Å². The first kappa shape index (κ1) is 12.9. The quantitative estimate of drug-likeness (QED) is 0.907. The summed E-state index contributed by atoms with van der Waals surface area (Å²) in [5, 5.41) is 5.80.